The Hall–Kier alpha value is -3.39. The van der Waals surface area contributed by atoms with Crippen LogP contribution in [-0.4, -0.2) is 24.3 Å². The summed E-state index contributed by atoms with van der Waals surface area (Å²) >= 11 is 0. The molecular formula is C16H16N4O4. The van der Waals surface area contributed by atoms with Gasteiger partial charge in [0.1, 0.15) is 5.75 Å². The molecule has 0 fully saturated rings. The summed E-state index contributed by atoms with van der Waals surface area (Å²) in [6.07, 6.45) is 0. The van der Waals surface area contributed by atoms with E-state index in [1.165, 1.54) is 0 Å². The SMILES string of the molecule is NNC(=O)COc1ccccc1NC(=O)C(=O)Nc1ccccc1. The minimum Gasteiger partial charge on any atom is -0.482 e. The molecular weight excluding hydrogens is 312 g/mol. The first-order chi connectivity index (χ1) is 11.6. The van der Waals surface area contributed by atoms with Crippen LogP contribution in [0.1, 0.15) is 0 Å². The van der Waals surface area contributed by atoms with E-state index in [0.717, 1.165) is 0 Å². The van der Waals surface area contributed by atoms with Crippen LogP contribution in [-0.2, 0) is 14.4 Å². The first-order valence-electron chi connectivity index (χ1n) is 6.99. The van der Waals surface area contributed by atoms with Crippen molar-refractivity contribution in [3.05, 3.63) is 54.6 Å². The molecule has 5 N–H and O–H groups in total. The number of benzene rings is 2. The summed E-state index contributed by atoms with van der Waals surface area (Å²) in [6.45, 7) is -0.320. The van der Waals surface area contributed by atoms with Crippen molar-refractivity contribution >= 4 is 29.1 Å². The molecule has 0 heterocycles. The second-order valence-corrected chi connectivity index (χ2v) is 4.63. The van der Waals surface area contributed by atoms with Gasteiger partial charge in [-0.3, -0.25) is 19.8 Å². The van der Waals surface area contributed by atoms with Crippen LogP contribution in [0.25, 0.3) is 0 Å². The summed E-state index contributed by atoms with van der Waals surface area (Å²) in [5.74, 6) is 2.99. The van der Waals surface area contributed by atoms with Crippen LogP contribution < -0.4 is 26.6 Å². The standard InChI is InChI=1S/C16H16N4O4/c17-20-14(21)10-24-13-9-5-4-8-12(13)19-16(23)15(22)18-11-6-2-1-3-7-11/h1-9H,10,17H2,(H,18,22)(H,19,23)(H,20,21). The lowest BCUT2D eigenvalue weighted by atomic mass is 10.3. The average molecular weight is 328 g/mol. The van der Waals surface area contributed by atoms with E-state index < -0.39 is 17.7 Å². The fraction of sp³-hybridized carbons (Fsp3) is 0.0625. The molecule has 0 unspecified atom stereocenters. The molecule has 0 aliphatic carbocycles. The molecule has 0 aromatic heterocycles. The molecule has 0 bridgehead atoms. The van der Waals surface area contributed by atoms with Gasteiger partial charge in [-0.2, -0.15) is 0 Å². The minimum atomic E-state index is -0.863. The molecule has 0 atom stereocenters. The molecule has 0 aliphatic heterocycles. The Bertz CT molecular complexity index is 734. The molecule has 0 saturated carbocycles. The lowest BCUT2D eigenvalue weighted by molar-refractivity contribution is -0.133. The smallest absolute Gasteiger partial charge is 0.314 e. The first kappa shape index (κ1) is 17.0. The van der Waals surface area contributed by atoms with Crippen molar-refractivity contribution in [2.24, 2.45) is 5.84 Å². The summed E-state index contributed by atoms with van der Waals surface area (Å²) in [5, 5.41) is 4.90. The molecule has 2 rings (SSSR count). The van der Waals surface area contributed by atoms with E-state index in [0.29, 0.717) is 5.69 Å². The Balaban J connectivity index is 2.00. The second-order valence-electron chi connectivity index (χ2n) is 4.63. The molecule has 0 aliphatic rings. The molecule has 2 aromatic rings. The Kier molecular flexibility index (Phi) is 5.87. The number of nitrogens with two attached hydrogens (primary N) is 1. The van der Waals surface area contributed by atoms with Crippen molar-refractivity contribution < 1.29 is 19.1 Å². The lowest BCUT2D eigenvalue weighted by Crippen LogP contribution is -2.34. The maximum absolute atomic E-state index is 12.0. The van der Waals surface area contributed by atoms with E-state index in [4.69, 9.17) is 10.6 Å². The van der Waals surface area contributed by atoms with Crippen LogP contribution in [0, 0.1) is 0 Å². The van der Waals surface area contributed by atoms with Crippen molar-refractivity contribution in [1.29, 1.82) is 0 Å². The highest BCUT2D eigenvalue weighted by atomic mass is 16.5. The monoisotopic (exact) mass is 328 g/mol. The summed E-state index contributed by atoms with van der Waals surface area (Å²) < 4.78 is 5.25. The van der Waals surface area contributed by atoms with Crippen LogP contribution in [0.2, 0.25) is 0 Å². The molecule has 0 spiro atoms. The van der Waals surface area contributed by atoms with Gasteiger partial charge in [0, 0.05) is 5.69 Å². The van der Waals surface area contributed by atoms with Gasteiger partial charge < -0.3 is 15.4 Å². The van der Waals surface area contributed by atoms with Gasteiger partial charge in [0.05, 0.1) is 5.69 Å². The topological polar surface area (TPSA) is 123 Å². The van der Waals surface area contributed by atoms with Crippen molar-refractivity contribution in [2.75, 3.05) is 17.2 Å². The zero-order chi connectivity index (χ0) is 17.4. The van der Waals surface area contributed by atoms with Crippen molar-refractivity contribution in [3.8, 4) is 5.75 Å². The number of hydrazine groups is 1. The molecule has 2 aromatic carbocycles. The Morgan fingerprint density at radius 1 is 0.875 bits per heavy atom. The van der Waals surface area contributed by atoms with Crippen LogP contribution in [0.4, 0.5) is 11.4 Å². The number of para-hydroxylation sites is 3. The summed E-state index contributed by atoms with van der Waals surface area (Å²) in [7, 11) is 0. The number of carbonyl (C=O) groups excluding carboxylic acids is 3. The number of nitrogens with one attached hydrogen (secondary N) is 3. The molecule has 0 saturated heterocycles. The number of hydrogen-bond donors (Lipinski definition) is 4. The third kappa shape index (κ3) is 4.82. The van der Waals surface area contributed by atoms with Crippen molar-refractivity contribution in [2.45, 2.75) is 0 Å². The number of hydrogen-bond acceptors (Lipinski definition) is 5. The maximum atomic E-state index is 12.0. The Labute approximate surface area is 138 Å². The van der Waals surface area contributed by atoms with E-state index in [-0.39, 0.29) is 18.0 Å². The zero-order valence-electron chi connectivity index (χ0n) is 12.6. The molecule has 0 radical (unpaired) electrons. The normalized spacial score (nSPS) is 9.71. The van der Waals surface area contributed by atoms with Gasteiger partial charge in [0.25, 0.3) is 5.91 Å². The predicted molar refractivity (Wildman–Crippen MR) is 88.0 cm³/mol. The third-order valence-corrected chi connectivity index (χ3v) is 2.89. The van der Waals surface area contributed by atoms with E-state index >= 15 is 0 Å². The molecule has 24 heavy (non-hydrogen) atoms. The highest BCUT2D eigenvalue weighted by Gasteiger charge is 2.16. The fourth-order valence-electron chi connectivity index (χ4n) is 1.77. The fourth-order valence-corrected chi connectivity index (χ4v) is 1.77. The first-order valence-corrected chi connectivity index (χ1v) is 6.99. The van der Waals surface area contributed by atoms with Gasteiger partial charge in [-0.05, 0) is 24.3 Å². The molecule has 8 heteroatoms. The Morgan fingerprint density at radius 3 is 2.21 bits per heavy atom. The largest absolute Gasteiger partial charge is 0.482 e. The van der Waals surface area contributed by atoms with Crippen molar-refractivity contribution in [1.82, 2.24) is 5.43 Å². The highest BCUT2D eigenvalue weighted by molar-refractivity contribution is 6.43. The molecule has 8 nitrogen and oxygen atoms in total. The quantitative estimate of drug-likeness (QED) is 0.277. The van der Waals surface area contributed by atoms with E-state index in [2.05, 4.69) is 10.6 Å². The van der Waals surface area contributed by atoms with Crippen molar-refractivity contribution in [3.63, 3.8) is 0 Å². The van der Waals surface area contributed by atoms with Crippen LogP contribution in [0.15, 0.2) is 54.6 Å². The zero-order valence-corrected chi connectivity index (χ0v) is 12.6. The van der Waals surface area contributed by atoms with Gasteiger partial charge in [-0.1, -0.05) is 30.3 Å². The van der Waals surface area contributed by atoms with Gasteiger partial charge in [-0.15, -0.1) is 0 Å². The van der Waals surface area contributed by atoms with E-state index in [1.807, 2.05) is 5.43 Å². The van der Waals surface area contributed by atoms with Gasteiger partial charge >= 0.3 is 11.8 Å². The van der Waals surface area contributed by atoms with Gasteiger partial charge in [0.2, 0.25) is 0 Å². The number of ether oxygens (including phenoxy) is 1. The third-order valence-electron chi connectivity index (χ3n) is 2.89. The number of amides is 3. The number of carbonyl (C=O) groups is 3. The minimum absolute atomic E-state index is 0.238. The van der Waals surface area contributed by atoms with Crippen LogP contribution in [0.5, 0.6) is 5.75 Å². The number of rotatable bonds is 5. The summed E-state index contributed by atoms with van der Waals surface area (Å²) in [4.78, 5) is 35.0. The average Bonchev–Trinajstić information content (AvgIpc) is 2.61. The highest BCUT2D eigenvalue weighted by Crippen LogP contribution is 2.23. The summed E-state index contributed by atoms with van der Waals surface area (Å²) in [5.41, 5.74) is 2.69. The number of anilines is 2. The predicted octanol–water partition coefficient (Wildman–Crippen LogP) is 0.633. The van der Waals surface area contributed by atoms with E-state index in [9.17, 15) is 14.4 Å². The molecule has 124 valence electrons. The van der Waals surface area contributed by atoms with E-state index in [1.54, 1.807) is 54.6 Å². The maximum Gasteiger partial charge on any atom is 0.314 e. The van der Waals surface area contributed by atoms with Gasteiger partial charge in [0.15, 0.2) is 6.61 Å². The van der Waals surface area contributed by atoms with Gasteiger partial charge in [-0.25, -0.2) is 5.84 Å². The lowest BCUT2D eigenvalue weighted by Gasteiger charge is -2.12. The summed E-state index contributed by atoms with van der Waals surface area (Å²) in [6, 6.07) is 15.0. The van der Waals surface area contributed by atoms with Crippen LogP contribution >= 0.6 is 0 Å². The molecule has 3 amide bonds. The van der Waals surface area contributed by atoms with Crippen LogP contribution in [0.3, 0.4) is 0 Å². The Morgan fingerprint density at radius 2 is 1.50 bits per heavy atom. The second kappa shape index (κ2) is 8.30.